The number of hydrogen-bond acceptors (Lipinski definition) is 3. The first kappa shape index (κ1) is 18.3. The van der Waals surface area contributed by atoms with Crippen LogP contribution in [-0.2, 0) is 13.6 Å². The molecule has 0 atom stereocenters. The van der Waals surface area contributed by atoms with Crippen LogP contribution in [-0.4, -0.2) is 23.1 Å². The molecule has 0 N–H and O–H groups in total. The molecule has 0 aliphatic rings. The van der Waals surface area contributed by atoms with Crippen LogP contribution < -0.4 is 11.2 Å². The molecule has 3 heterocycles. The van der Waals surface area contributed by atoms with Gasteiger partial charge in [-0.25, -0.2) is 4.79 Å². The van der Waals surface area contributed by atoms with E-state index >= 15 is 0 Å². The van der Waals surface area contributed by atoms with Gasteiger partial charge in [0.05, 0.1) is 6.54 Å². The molecular weight excluding hydrogens is 354 g/mol. The number of benzene rings is 1. The van der Waals surface area contributed by atoms with E-state index in [9.17, 15) is 9.59 Å². The Kier molecular flexibility index (Phi) is 4.06. The molecule has 0 radical (unpaired) electrons. The maximum absolute atomic E-state index is 13.4. The van der Waals surface area contributed by atoms with Gasteiger partial charge in [0.15, 0.2) is 11.2 Å². The van der Waals surface area contributed by atoms with Gasteiger partial charge in [-0.05, 0) is 45.7 Å². The van der Waals surface area contributed by atoms with Crippen LogP contribution in [0, 0.1) is 20.8 Å². The molecule has 0 fully saturated rings. The SMILES string of the molecule is Cc1ccccc1Cn1c(=O)c2c(nc3n(C(C)C)c(C)c(C)n23)n(C)c1=O. The highest BCUT2D eigenvalue weighted by molar-refractivity contribution is 5.76. The average Bonchev–Trinajstić information content (AvgIpc) is 3.14. The molecule has 0 bridgehead atoms. The van der Waals surface area contributed by atoms with Gasteiger partial charge in [0, 0.05) is 24.5 Å². The molecule has 28 heavy (non-hydrogen) atoms. The van der Waals surface area contributed by atoms with E-state index < -0.39 is 0 Å². The number of hydrogen-bond donors (Lipinski definition) is 0. The third kappa shape index (κ3) is 2.38. The Morgan fingerprint density at radius 1 is 1.04 bits per heavy atom. The molecule has 7 heteroatoms. The standard InChI is InChI=1S/C21H25N5O2/c1-12(2)25-14(4)15(5)26-17-18(22-20(25)26)23(6)21(28)24(19(17)27)11-16-10-8-7-9-13(16)3/h7-10,12H,11H2,1-6H3. The van der Waals surface area contributed by atoms with Crippen molar-refractivity contribution in [3.63, 3.8) is 0 Å². The van der Waals surface area contributed by atoms with Gasteiger partial charge in [0.2, 0.25) is 5.78 Å². The van der Waals surface area contributed by atoms with E-state index in [1.807, 2.05) is 49.4 Å². The summed E-state index contributed by atoms with van der Waals surface area (Å²) in [4.78, 5) is 31.1. The summed E-state index contributed by atoms with van der Waals surface area (Å²) in [5.74, 6) is 0.695. The summed E-state index contributed by atoms with van der Waals surface area (Å²) in [6, 6.07) is 7.99. The number of aryl methyl sites for hydroxylation is 3. The summed E-state index contributed by atoms with van der Waals surface area (Å²) in [6.45, 7) is 10.4. The van der Waals surface area contributed by atoms with Crippen LogP contribution >= 0.6 is 0 Å². The smallest absolute Gasteiger partial charge is 0.311 e. The molecule has 0 spiro atoms. The molecule has 0 amide bonds. The number of nitrogens with zero attached hydrogens (tertiary/aromatic N) is 5. The van der Waals surface area contributed by atoms with E-state index in [4.69, 9.17) is 0 Å². The van der Waals surface area contributed by atoms with E-state index in [2.05, 4.69) is 23.4 Å². The van der Waals surface area contributed by atoms with Crippen molar-refractivity contribution >= 4 is 16.9 Å². The number of rotatable bonds is 3. The van der Waals surface area contributed by atoms with Crippen molar-refractivity contribution in [2.45, 2.75) is 47.2 Å². The first-order valence-corrected chi connectivity index (χ1v) is 9.48. The topological polar surface area (TPSA) is 66.2 Å². The zero-order valence-corrected chi connectivity index (χ0v) is 17.1. The van der Waals surface area contributed by atoms with Crippen LogP contribution in [0.1, 0.15) is 42.4 Å². The minimum absolute atomic E-state index is 0.194. The largest absolute Gasteiger partial charge is 0.332 e. The third-order valence-corrected chi connectivity index (χ3v) is 5.67. The normalized spacial score (nSPS) is 12.0. The predicted molar refractivity (Wildman–Crippen MR) is 110 cm³/mol. The third-order valence-electron chi connectivity index (χ3n) is 5.67. The van der Waals surface area contributed by atoms with Crippen molar-refractivity contribution < 1.29 is 0 Å². The van der Waals surface area contributed by atoms with Crippen LogP contribution in [0.25, 0.3) is 16.9 Å². The molecule has 0 saturated carbocycles. The van der Waals surface area contributed by atoms with Gasteiger partial charge in [-0.1, -0.05) is 24.3 Å². The van der Waals surface area contributed by atoms with Crippen LogP contribution in [0.3, 0.4) is 0 Å². The van der Waals surface area contributed by atoms with Gasteiger partial charge in [-0.15, -0.1) is 0 Å². The number of fused-ring (bicyclic) bond motifs is 3. The van der Waals surface area contributed by atoms with Gasteiger partial charge in [-0.3, -0.25) is 18.3 Å². The Hall–Kier alpha value is -3.09. The Morgan fingerprint density at radius 2 is 1.71 bits per heavy atom. The fourth-order valence-corrected chi connectivity index (χ4v) is 3.99. The Bertz CT molecular complexity index is 1350. The molecule has 1 aromatic carbocycles. The monoisotopic (exact) mass is 379 g/mol. The molecule has 7 nitrogen and oxygen atoms in total. The summed E-state index contributed by atoms with van der Waals surface area (Å²) < 4.78 is 6.77. The van der Waals surface area contributed by atoms with Crippen LogP contribution in [0.4, 0.5) is 0 Å². The van der Waals surface area contributed by atoms with Crippen molar-refractivity contribution in [1.29, 1.82) is 0 Å². The lowest BCUT2D eigenvalue weighted by Gasteiger charge is -2.11. The number of imidazole rings is 2. The van der Waals surface area contributed by atoms with Gasteiger partial charge in [0.25, 0.3) is 5.56 Å². The molecule has 0 saturated heterocycles. The predicted octanol–water partition coefficient (Wildman–Crippen LogP) is 2.70. The van der Waals surface area contributed by atoms with E-state index in [1.54, 1.807) is 7.05 Å². The highest BCUT2D eigenvalue weighted by Crippen LogP contribution is 2.24. The fourth-order valence-electron chi connectivity index (χ4n) is 3.99. The lowest BCUT2D eigenvalue weighted by Crippen LogP contribution is -2.39. The van der Waals surface area contributed by atoms with Crippen molar-refractivity contribution in [1.82, 2.24) is 23.1 Å². The summed E-state index contributed by atoms with van der Waals surface area (Å²) in [5, 5.41) is 0. The van der Waals surface area contributed by atoms with Crippen molar-refractivity contribution in [3.8, 4) is 0 Å². The van der Waals surface area contributed by atoms with Crippen LogP contribution in [0.5, 0.6) is 0 Å². The van der Waals surface area contributed by atoms with Gasteiger partial charge >= 0.3 is 5.69 Å². The average molecular weight is 379 g/mol. The van der Waals surface area contributed by atoms with E-state index in [0.717, 1.165) is 22.5 Å². The van der Waals surface area contributed by atoms with Crippen LogP contribution in [0.15, 0.2) is 33.9 Å². The Balaban J connectivity index is 2.11. The molecule has 4 rings (SSSR count). The maximum Gasteiger partial charge on any atom is 0.332 e. The minimum atomic E-state index is -0.355. The van der Waals surface area contributed by atoms with E-state index in [1.165, 1.54) is 9.13 Å². The van der Waals surface area contributed by atoms with Crippen molar-refractivity contribution in [2.24, 2.45) is 7.05 Å². The number of aromatic nitrogens is 5. The summed E-state index contributed by atoms with van der Waals surface area (Å²) in [6.07, 6.45) is 0. The summed E-state index contributed by atoms with van der Waals surface area (Å²) in [7, 11) is 1.67. The molecule has 0 aliphatic heterocycles. The van der Waals surface area contributed by atoms with Crippen LogP contribution in [0.2, 0.25) is 0 Å². The first-order chi connectivity index (χ1) is 13.2. The molecule has 3 aromatic heterocycles. The minimum Gasteiger partial charge on any atom is -0.311 e. The molecule has 4 aromatic rings. The van der Waals surface area contributed by atoms with Gasteiger partial charge in [-0.2, -0.15) is 4.98 Å². The molecule has 146 valence electrons. The second-order valence-corrected chi connectivity index (χ2v) is 7.71. The van der Waals surface area contributed by atoms with Crippen molar-refractivity contribution in [3.05, 3.63) is 67.6 Å². The molecule has 0 aliphatic carbocycles. The zero-order chi connectivity index (χ0) is 20.3. The Labute approximate surface area is 162 Å². The fraction of sp³-hybridized carbons (Fsp3) is 0.381. The highest BCUT2D eigenvalue weighted by atomic mass is 16.2. The second-order valence-electron chi connectivity index (χ2n) is 7.71. The summed E-state index contributed by atoms with van der Waals surface area (Å²) in [5.41, 5.74) is 4.24. The van der Waals surface area contributed by atoms with Gasteiger partial charge < -0.3 is 4.57 Å². The molecular formula is C21H25N5O2. The van der Waals surface area contributed by atoms with Crippen molar-refractivity contribution in [2.75, 3.05) is 0 Å². The highest BCUT2D eigenvalue weighted by Gasteiger charge is 2.23. The Morgan fingerprint density at radius 3 is 2.36 bits per heavy atom. The van der Waals surface area contributed by atoms with E-state index in [-0.39, 0.29) is 23.8 Å². The quantitative estimate of drug-likeness (QED) is 0.550. The van der Waals surface area contributed by atoms with E-state index in [0.29, 0.717) is 16.9 Å². The van der Waals surface area contributed by atoms with Gasteiger partial charge in [0.1, 0.15) is 0 Å². The summed E-state index contributed by atoms with van der Waals surface area (Å²) >= 11 is 0. The maximum atomic E-state index is 13.4. The lowest BCUT2D eigenvalue weighted by molar-refractivity contribution is 0.600. The lowest BCUT2D eigenvalue weighted by atomic mass is 10.1. The molecule has 0 unspecified atom stereocenters. The first-order valence-electron chi connectivity index (χ1n) is 9.48. The zero-order valence-electron chi connectivity index (χ0n) is 17.1. The second kappa shape index (κ2) is 6.22.